The molecular weight excluding hydrogens is 549 g/mol. The summed E-state index contributed by atoms with van der Waals surface area (Å²) in [4.78, 5) is 32.3. The highest BCUT2D eigenvalue weighted by molar-refractivity contribution is 5.97. The van der Waals surface area contributed by atoms with Crippen LogP contribution in [0.15, 0.2) is 78.9 Å². The van der Waals surface area contributed by atoms with Gasteiger partial charge in [0, 0.05) is 43.9 Å². The molecule has 10 heteroatoms. The summed E-state index contributed by atoms with van der Waals surface area (Å²) < 4.78 is 24.2. The predicted octanol–water partition coefficient (Wildman–Crippen LogP) is 4.60. The topological polar surface area (TPSA) is 88.1 Å². The highest BCUT2D eigenvalue weighted by Gasteiger charge is 2.27. The van der Waals surface area contributed by atoms with Crippen molar-refractivity contribution in [3.8, 4) is 22.8 Å². The summed E-state index contributed by atoms with van der Waals surface area (Å²) in [6, 6.07) is 22.7. The van der Waals surface area contributed by atoms with Crippen LogP contribution in [0.2, 0.25) is 0 Å². The van der Waals surface area contributed by atoms with Gasteiger partial charge in [0.15, 0.2) is 17.3 Å². The molecule has 43 heavy (non-hydrogen) atoms. The number of hydrogen-bond donors (Lipinski definition) is 0. The van der Waals surface area contributed by atoms with Gasteiger partial charge in [-0.1, -0.05) is 30.3 Å². The number of carbonyl (C=O) groups excluding carboxylic acids is 2. The van der Waals surface area contributed by atoms with Gasteiger partial charge < -0.3 is 24.2 Å². The Morgan fingerprint density at radius 2 is 1.58 bits per heavy atom. The van der Waals surface area contributed by atoms with Crippen molar-refractivity contribution in [3.63, 3.8) is 0 Å². The molecule has 0 saturated carbocycles. The molecule has 3 aromatic carbocycles. The Hall–Kier alpha value is -4.99. The largest absolute Gasteiger partial charge is 0.493 e. The number of methoxy groups -OCH3 is 2. The number of ether oxygens (including phenoxy) is 2. The molecule has 0 radical (unpaired) electrons. The number of anilines is 1. The lowest BCUT2D eigenvalue weighted by Crippen LogP contribution is -2.52. The van der Waals surface area contributed by atoms with Crippen LogP contribution in [0.25, 0.3) is 11.3 Å². The lowest BCUT2D eigenvalue weighted by molar-refractivity contribution is -0.132. The monoisotopic (exact) mass is 583 g/mol. The number of amides is 2. The SMILES string of the molecule is COc1ccc(-c2ccc(N3CCN(C(=O)CN(Cc4ccc(F)cc4)C(=O)c4ccccc4C)CC3)nn2)cc1OC. The molecule has 0 spiro atoms. The fraction of sp³-hybridized carbons (Fsp3) is 0.273. The predicted molar refractivity (Wildman–Crippen MR) is 162 cm³/mol. The first-order valence-corrected chi connectivity index (χ1v) is 14.0. The number of piperazine rings is 1. The zero-order valence-corrected chi connectivity index (χ0v) is 24.5. The van der Waals surface area contributed by atoms with Crippen LogP contribution in [-0.2, 0) is 11.3 Å². The van der Waals surface area contributed by atoms with Gasteiger partial charge in [-0.05, 0) is 66.6 Å². The molecule has 1 saturated heterocycles. The van der Waals surface area contributed by atoms with Gasteiger partial charge in [0.25, 0.3) is 5.91 Å². The van der Waals surface area contributed by atoms with Crippen molar-refractivity contribution >= 4 is 17.6 Å². The van der Waals surface area contributed by atoms with Crippen molar-refractivity contribution < 1.29 is 23.5 Å². The fourth-order valence-electron chi connectivity index (χ4n) is 5.08. The van der Waals surface area contributed by atoms with Crippen molar-refractivity contribution in [1.29, 1.82) is 0 Å². The van der Waals surface area contributed by atoms with Gasteiger partial charge in [-0.25, -0.2) is 4.39 Å². The third-order valence-electron chi connectivity index (χ3n) is 7.56. The second-order valence-corrected chi connectivity index (χ2v) is 10.3. The summed E-state index contributed by atoms with van der Waals surface area (Å²) in [5, 5.41) is 8.85. The van der Waals surface area contributed by atoms with E-state index in [2.05, 4.69) is 15.1 Å². The second kappa shape index (κ2) is 13.3. The van der Waals surface area contributed by atoms with E-state index in [9.17, 15) is 14.0 Å². The summed E-state index contributed by atoms with van der Waals surface area (Å²) >= 11 is 0. The second-order valence-electron chi connectivity index (χ2n) is 10.3. The van der Waals surface area contributed by atoms with Crippen molar-refractivity contribution in [2.45, 2.75) is 13.5 Å². The molecule has 1 fully saturated rings. The van der Waals surface area contributed by atoms with E-state index in [1.54, 1.807) is 43.4 Å². The molecular formula is C33H34FN5O4. The number of benzene rings is 3. The van der Waals surface area contributed by atoms with E-state index < -0.39 is 0 Å². The number of halogens is 1. The molecule has 2 amide bonds. The highest BCUT2D eigenvalue weighted by Crippen LogP contribution is 2.31. The molecule has 0 N–H and O–H groups in total. The highest BCUT2D eigenvalue weighted by atomic mass is 19.1. The summed E-state index contributed by atoms with van der Waals surface area (Å²) in [7, 11) is 3.18. The van der Waals surface area contributed by atoms with Crippen molar-refractivity contribution in [1.82, 2.24) is 20.0 Å². The van der Waals surface area contributed by atoms with E-state index in [4.69, 9.17) is 9.47 Å². The smallest absolute Gasteiger partial charge is 0.254 e. The molecule has 2 heterocycles. The third kappa shape index (κ3) is 6.91. The van der Waals surface area contributed by atoms with Gasteiger partial charge in [0.1, 0.15) is 12.4 Å². The first-order valence-electron chi connectivity index (χ1n) is 14.0. The average Bonchev–Trinajstić information content (AvgIpc) is 3.05. The van der Waals surface area contributed by atoms with Gasteiger partial charge in [-0.2, -0.15) is 0 Å². The first-order chi connectivity index (χ1) is 20.9. The van der Waals surface area contributed by atoms with E-state index in [1.807, 2.05) is 49.4 Å². The van der Waals surface area contributed by atoms with E-state index in [1.165, 1.54) is 17.0 Å². The number of rotatable bonds is 9. The normalized spacial score (nSPS) is 13.0. The minimum Gasteiger partial charge on any atom is -0.493 e. The summed E-state index contributed by atoms with van der Waals surface area (Å²) in [5.74, 6) is 1.25. The Labute approximate surface area is 250 Å². The third-order valence-corrected chi connectivity index (χ3v) is 7.56. The molecule has 1 aromatic heterocycles. The molecule has 0 bridgehead atoms. The molecule has 0 aliphatic carbocycles. The van der Waals surface area contributed by atoms with Crippen LogP contribution in [0.5, 0.6) is 11.5 Å². The molecule has 0 unspecified atom stereocenters. The lowest BCUT2D eigenvalue weighted by Gasteiger charge is -2.36. The molecule has 222 valence electrons. The Bertz CT molecular complexity index is 1570. The van der Waals surface area contributed by atoms with Crippen molar-refractivity contribution in [2.24, 2.45) is 0 Å². The van der Waals surface area contributed by atoms with Crippen LogP contribution >= 0.6 is 0 Å². The fourth-order valence-corrected chi connectivity index (χ4v) is 5.08. The van der Waals surface area contributed by atoms with E-state index in [0.29, 0.717) is 48.9 Å². The first kappa shape index (κ1) is 29.5. The number of carbonyl (C=O) groups is 2. The van der Waals surface area contributed by atoms with Crippen LogP contribution in [0.1, 0.15) is 21.5 Å². The molecule has 5 rings (SSSR count). The quantitative estimate of drug-likeness (QED) is 0.285. The Morgan fingerprint density at radius 3 is 2.23 bits per heavy atom. The van der Waals surface area contributed by atoms with Crippen LogP contribution in [0.3, 0.4) is 0 Å². The van der Waals surface area contributed by atoms with Gasteiger partial charge in [0.05, 0.1) is 19.9 Å². The van der Waals surface area contributed by atoms with Crippen LogP contribution in [-0.4, -0.2) is 78.8 Å². The number of hydrogen-bond acceptors (Lipinski definition) is 7. The number of aryl methyl sites for hydroxylation is 1. The van der Waals surface area contributed by atoms with Crippen molar-refractivity contribution in [2.75, 3.05) is 51.8 Å². The Morgan fingerprint density at radius 1 is 0.860 bits per heavy atom. The maximum Gasteiger partial charge on any atom is 0.254 e. The standard InChI is InChI=1S/C33H34FN5O4/c1-23-6-4-5-7-27(23)33(41)39(21-24-8-11-26(34)12-9-24)22-32(40)38-18-16-37(17-19-38)31-15-13-28(35-36-31)25-10-14-29(42-2)30(20-25)43-3/h4-15,20H,16-19,21-22H2,1-3H3. The average molecular weight is 584 g/mol. The molecule has 4 aromatic rings. The maximum absolute atomic E-state index is 13.5. The van der Waals surface area contributed by atoms with Crippen LogP contribution in [0.4, 0.5) is 10.2 Å². The zero-order chi connectivity index (χ0) is 30.3. The molecule has 1 aliphatic heterocycles. The summed E-state index contributed by atoms with van der Waals surface area (Å²) in [5.41, 5.74) is 3.68. The van der Waals surface area contributed by atoms with E-state index >= 15 is 0 Å². The van der Waals surface area contributed by atoms with Crippen molar-refractivity contribution in [3.05, 3.63) is 101 Å². The van der Waals surface area contributed by atoms with Gasteiger partial charge in [-0.15, -0.1) is 10.2 Å². The Balaban J connectivity index is 1.23. The van der Waals surface area contributed by atoms with E-state index in [-0.39, 0.29) is 30.7 Å². The Kier molecular flexibility index (Phi) is 9.14. The minimum absolute atomic E-state index is 0.0790. The summed E-state index contributed by atoms with van der Waals surface area (Å²) in [6.07, 6.45) is 0. The minimum atomic E-state index is -0.352. The zero-order valence-electron chi connectivity index (χ0n) is 24.5. The molecule has 1 aliphatic rings. The van der Waals surface area contributed by atoms with Crippen LogP contribution in [0, 0.1) is 12.7 Å². The summed E-state index contributed by atoms with van der Waals surface area (Å²) in [6.45, 7) is 4.13. The van der Waals surface area contributed by atoms with E-state index in [0.717, 1.165) is 22.5 Å². The maximum atomic E-state index is 13.5. The van der Waals surface area contributed by atoms with Crippen LogP contribution < -0.4 is 14.4 Å². The molecule has 9 nitrogen and oxygen atoms in total. The lowest BCUT2D eigenvalue weighted by atomic mass is 10.1. The van der Waals surface area contributed by atoms with Gasteiger partial charge >= 0.3 is 0 Å². The van der Waals surface area contributed by atoms with Gasteiger partial charge in [-0.3, -0.25) is 9.59 Å². The number of nitrogens with zero attached hydrogens (tertiary/aromatic N) is 5. The number of aromatic nitrogens is 2. The van der Waals surface area contributed by atoms with Gasteiger partial charge in [0.2, 0.25) is 5.91 Å². The molecule has 0 atom stereocenters.